The summed E-state index contributed by atoms with van der Waals surface area (Å²) in [4.78, 5) is 0. The normalized spacial score (nSPS) is 12.0. The van der Waals surface area contributed by atoms with Gasteiger partial charge in [0.05, 0.1) is 26.4 Å². The van der Waals surface area contributed by atoms with Crippen molar-refractivity contribution in [3.05, 3.63) is 59.7 Å². The maximum atomic E-state index is 9.64. The summed E-state index contributed by atoms with van der Waals surface area (Å²) in [5, 5.41) is 13.0. The topological polar surface area (TPSA) is 50.7 Å². The quantitative estimate of drug-likeness (QED) is 0.822. The molecule has 0 bridgehead atoms. The molecule has 0 aliphatic carbocycles. The Labute approximate surface area is 125 Å². The Bertz CT molecular complexity index is 554. The van der Waals surface area contributed by atoms with Crippen LogP contribution in [0.4, 0.5) is 5.69 Å². The van der Waals surface area contributed by atoms with E-state index in [0.29, 0.717) is 6.61 Å². The van der Waals surface area contributed by atoms with Crippen LogP contribution < -0.4 is 10.1 Å². The van der Waals surface area contributed by atoms with E-state index in [4.69, 9.17) is 9.47 Å². The fraction of sp³-hybridized carbons (Fsp3) is 0.294. The van der Waals surface area contributed by atoms with Crippen LogP contribution in [-0.2, 0) is 11.3 Å². The maximum Gasteiger partial charge on any atom is 0.119 e. The first kappa shape index (κ1) is 15.4. The summed E-state index contributed by atoms with van der Waals surface area (Å²) >= 11 is 0. The molecule has 0 saturated heterocycles. The molecule has 4 nitrogen and oxygen atoms in total. The van der Waals surface area contributed by atoms with Crippen LogP contribution in [0.2, 0.25) is 0 Å². The van der Waals surface area contributed by atoms with E-state index in [1.807, 2.05) is 48.5 Å². The third kappa shape index (κ3) is 4.21. The molecule has 4 heteroatoms. The summed E-state index contributed by atoms with van der Waals surface area (Å²) in [6.07, 6.45) is 0. The second-order valence-corrected chi connectivity index (χ2v) is 4.79. The van der Waals surface area contributed by atoms with Gasteiger partial charge in [0.25, 0.3) is 0 Å². The number of aliphatic hydroxyl groups excluding tert-OH is 1. The highest BCUT2D eigenvalue weighted by Gasteiger charge is 2.10. The Hall–Kier alpha value is -2.04. The van der Waals surface area contributed by atoms with Crippen LogP contribution in [0.5, 0.6) is 5.75 Å². The molecule has 0 radical (unpaired) electrons. The second kappa shape index (κ2) is 7.67. The summed E-state index contributed by atoms with van der Waals surface area (Å²) in [6.45, 7) is 0.580. The Morgan fingerprint density at radius 3 is 2.48 bits per heavy atom. The molecule has 0 fully saturated rings. The Morgan fingerprint density at radius 1 is 1.10 bits per heavy atom. The number of hydrogen-bond acceptors (Lipinski definition) is 4. The number of aliphatic hydroxyl groups is 1. The first-order valence-corrected chi connectivity index (χ1v) is 6.86. The van der Waals surface area contributed by atoms with Crippen molar-refractivity contribution in [2.24, 2.45) is 0 Å². The van der Waals surface area contributed by atoms with Gasteiger partial charge in [-0.3, -0.25) is 0 Å². The third-order valence-corrected chi connectivity index (χ3v) is 3.28. The molecule has 0 amide bonds. The molecule has 2 rings (SSSR count). The van der Waals surface area contributed by atoms with Crippen molar-refractivity contribution in [1.82, 2.24) is 0 Å². The molecule has 1 unspecified atom stereocenters. The van der Waals surface area contributed by atoms with Gasteiger partial charge >= 0.3 is 0 Å². The highest BCUT2D eigenvalue weighted by molar-refractivity contribution is 5.48. The molecule has 0 spiro atoms. The lowest BCUT2D eigenvalue weighted by atomic mass is 10.0. The molecule has 2 aromatic carbocycles. The zero-order chi connectivity index (χ0) is 15.1. The summed E-state index contributed by atoms with van der Waals surface area (Å²) in [6, 6.07) is 15.5. The lowest BCUT2D eigenvalue weighted by Crippen LogP contribution is -2.15. The van der Waals surface area contributed by atoms with Crippen molar-refractivity contribution >= 4 is 5.69 Å². The molecular formula is C17H21NO3. The average molecular weight is 287 g/mol. The number of ether oxygens (including phenoxy) is 2. The first-order valence-electron chi connectivity index (χ1n) is 6.86. The Kier molecular flexibility index (Phi) is 5.60. The van der Waals surface area contributed by atoms with E-state index < -0.39 is 0 Å². The summed E-state index contributed by atoms with van der Waals surface area (Å²) < 4.78 is 10.3. The fourth-order valence-corrected chi connectivity index (χ4v) is 2.19. The minimum atomic E-state index is -0.157. The Morgan fingerprint density at radius 2 is 1.86 bits per heavy atom. The highest BCUT2D eigenvalue weighted by atomic mass is 16.5. The number of rotatable bonds is 7. The van der Waals surface area contributed by atoms with E-state index >= 15 is 0 Å². The van der Waals surface area contributed by atoms with Crippen LogP contribution in [0.15, 0.2) is 48.5 Å². The fourth-order valence-electron chi connectivity index (χ4n) is 2.19. The van der Waals surface area contributed by atoms with Crippen molar-refractivity contribution in [1.29, 1.82) is 0 Å². The van der Waals surface area contributed by atoms with E-state index in [1.54, 1.807) is 14.2 Å². The predicted octanol–water partition coefficient (Wildman–Crippen LogP) is 2.99. The van der Waals surface area contributed by atoms with Gasteiger partial charge in [0.15, 0.2) is 0 Å². The monoisotopic (exact) mass is 287 g/mol. The van der Waals surface area contributed by atoms with Gasteiger partial charge in [-0.25, -0.2) is 0 Å². The van der Waals surface area contributed by atoms with Crippen molar-refractivity contribution in [3.63, 3.8) is 0 Å². The van der Waals surface area contributed by atoms with E-state index in [2.05, 4.69) is 5.32 Å². The lowest BCUT2D eigenvalue weighted by Gasteiger charge is -2.19. The summed E-state index contributed by atoms with van der Waals surface area (Å²) in [7, 11) is 3.31. The molecule has 0 aliphatic rings. The van der Waals surface area contributed by atoms with Gasteiger partial charge in [0.1, 0.15) is 5.75 Å². The minimum absolute atomic E-state index is 0.0163. The van der Waals surface area contributed by atoms with Gasteiger partial charge in [-0.15, -0.1) is 0 Å². The largest absolute Gasteiger partial charge is 0.497 e. The average Bonchev–Trinajstić information content (AvgIpc) is 2.54. The number of benzene rings is 2. The van der Waals surface area contributed by atoms with Gasteiger partial charge < -0.3 is 19.9 Å². The smallest absolute Gasteiger partial charge is 0.119 e. The van der Waals surface area contributed by atoms with Crippen LogP contribution in [0.3, 0.4) is 0 Å². The van der Waals surface area contributed by atoms with Gasteiger partial charge in [-0.2, -0.15) is 0 Å². The minimum Gasteiger partial charge on any atom is -0.497 e. The molecule has 0 aliphatic heterocycles. The SMILES string of the molecule is COCc1cccc(C(CO)Nc2ccc(OC)cc2)c1. The van der Waals surface area contributed by atoms with Crippen LogP contribution in [0, 0.1) is 0 Å². The standard InChI is InChI=1S/C17H21NO3/c1-20-12-13-4-3-5-14(10-13)17(11-19)18-15-6-8-16(21-2)9-7-15/h3-10,17-19H,11-12H2,1-2H3. The Balaban J connectivity index is 2.12. The van der Waals surface area contributed by atoms with Crippen molar-refractivity contribution in [2.45, 2.75) is 12.6 Å². The first-order chi connectivity index (χ1) is 10.3. The second-order valence-electron chi connectivity index (χ2n) is 4.79. The number of hydrogen-bond donors (Lipinski definition) is 2. The molecule has 0 aromatic heterocycles. The van der Waals surface area contributed by atoms with Crippen molar-refractivity contribution < 1.29 is 14.6 Å². The van der Waals surface area contributed by atoms with E-state index in [9.17, 15) is 5.11 Å². The summed E-state index contributed by atoms with van der Waals surface area (Å²) in [5.74, 6) is 0.809. The molecule has 21 heavy (non-hydrogen) atoms. The van der Waals surface area contributed by atoms with Crippen LogP contribution in [0.1, 0.15) is 17.2 Å². The van der Waals surface area contributed by atoms with Crippen molar-refractivity contribution in [2.75, 3.05) is 26.1 Å². The van der Waals surface area contributed by atoms with Crippen molar-refractivity contribution in [3.8, 4) is 5.75 Å². The van der Waals surface area contributed by atoms with E-state index in [-0.39, 0.29) is 12.6 Å². The predicted molar refractivity (Wildman–Crippen MR) is 83.6 cm³/mol. The van der Waals surface area contributed by atoms with Crippen LogP contribution in [-0.4, -0.2) is 25.9 Å². The molecule has 1 atom stereocenters. The molecular weight excluding hydrogens is 266 g/mol. The molecule has 2 N–H and O–H groups in total. The molecule has 2 aromatic rings. The lowest BCUT2D eigenvalue weighted by molar-refractivity contribution is 0.184. The van der Waals surface area contributed by atoms with Gasteiger partial charge in [-0.05, 0) is 35.4 Å². The number of anilines is 1. The van der Waals surface area contributed by atoms with E-state index in [1.165, 1.54) is 0 Å². The zero-order valence-corrected chi connectivity index (χ0v) is 12.4. The number of nitrogens with one attached hydrogen (secondary N) is 1. The summed E-state index contributed by atoms with van der Waals surface area (Å²) in [5.41, 5.74) is 3.06. The number of methoxy groups -OCH3 is 2. The van der Waals surface area contributed by atoms with Crippen LogP contribution in [0.25, 0.3) is 0 Å². The van der Waals surface area contributed by atoms with Gasteiger partial charge in [0, 0.05) is 12.8 Å². The molecule has 112 valence electrons. The maximum absolute atomic E-state index is 9.64. The zero-order valence-electron chi connectivity index (χ0n) is 12.4. The van der Waals surface area contributed by atoms with Gasteiger partial charge in [0.2, 0.25) is 0 Å². The third-order valence-electron chi connectivity index (χ3n) is 3.28. The van der Waals surface area contributed by atoms with E-state index in [0.717, 1.165) is 22.6 Å². The van der Waals surface area contributed by atoms with Crippen LogP contribution >= 0.6 is 0 Å². The molecule has 0 heterocycles. The molecule has 0 saturated carbocycles. The highest BCUT2D eigenvalue weighted by Crippen LogP contribution is 2.22. The van der Waals surface area contributed by atoms with Gasteiger partial charge in [-0.1, -0.05) is 24.3 Å².